The van der Waals surface area contributed by atoms with E-state index in [9.17, 15) is 9.59 Å². The Labute approximate surface area is 119 Å². The third-order valence-corrected chi connectivity index (χ3v) is 3.53. The monoisotopic (exact) mass is 278 g/mol. The molecule has 2 N–H and O–H groups in total. The van der Waals surface area contributed by atoms with Gasteiger partial charge < -0.3 is 15.3 Å². The van der Waals surface area contributed by atoms with Crippen LogP contribution in [-0.4, -0.2) is 35.1 Å². The number of benzene rings is 1. The van der Waals surface area contributed by atoms with Crippen LogP contribution < -0.4 is 5.32 Å². The quantitative estimate of drug-likeness (QED) is 0.867. The van der Waals surface area contributed by atoms with Crippen molar-refractivity contribution in [3.63, 3.8) is 0 Å². The van der Waals surface area contributed by atoms with Gasteiger partial charge in [0.15, 0.2) is 0 Å². The molecule has 5 heteroatoms. The fraction of sp³-hybridized carbons (Fsp3) is 0.467. The molecule has 2 amide bonds. The van der Waals surface area contributed by atoms with Gasteiger partial charge in [-0.2, -0.15) is 0 Å². The van der Waals surface area contributed by atoms with Crippen LogP contribution >= 0.6 is 0 Å². The Morgan fingerprint density at radius 2 is 1.90 bits per heavy atom. The highest BCUT2D eigenvalue weighted by Crippen LogP contribution is 2.16. The summed E-state index contributed by atoms with van der Waals surface area (Å²) in [7, 11) is 1.75. The van der Waals surface area contributed by atoms with Gasteiger partial charge in [0, 0.05) is 18.8 Å². The summed E-state index contributed by atoms with van der Waals surface area (Å²) in [5.41, 5.74) is 1.37. The second-order valence-electron chi connectivity index (χ2n) is 4.85. The van der Waals surface area contributed by atoms with Gasteiger partial charge in [-0.05, 0) is 37.5 Å². The van der Waals surface area contributed by atoms with Crippen LogP contribution in [-0.2, 0) is 0 Å². The van der Waals surface area contributed by atoms with Crippen LogP contribution in [0.15, 0.2) is 18.2 Å². The number of carbonyl (C=O) groups is 2. The molecule has 20 heavy (non-hydrogen) atoms. The minimum Gasteiger partial charge on any atom is -0.478 e. The van der Waals surface area contributed by atoms with E-state index in [1.165, 1.54) is 6.07 Å². The minimum atomic E-state index is -0.994. The van der Waals surface area contributed by atoms with E-state index >= 15 is 0 Å². The lowest BCUT2D eigenvalue weighted by Gasteiger charge is -2.26. The number of carbonyl (C=O) groups excluding carboxylic acids is 1. The molecule has 0 aliphatic rings. The van der Waals surface area contributed by atoms with Crippen LogP contribution in [0.1, 0.15) is 42.6 Å². The van der Waals surface area contributed by atoms with Gasteiger partial charge in [0.1, 0.15) is 0 Å². The molecular formula is C15H22N2O3. The maximum atomic E-state index is 12.1. The van der Waals surface area contributed by atoms with Crippen LogP contribution in [0.2, 0.25) is 0 Å². The molecule has 5 nitrogen and oxygen atoms in total. The van der Waals surface area contributed by atoms with Crippen LogP contribution in [0.25, 0.3) is 0 Å². The Bertz CT molecular complexity index is 496. The molecule has 0 radical (unpaired) electrons. The maximum absolute atomic E-state index is 12.1. The zero-order chi connectivity index (χ0) is 15.3. The highest BCUT2D eigenvalue weighted by atomic mass is 16.4. The molecule has 0 atom stereocenters. The summed E-state index contributed by atoms with van der Waals surface area (Å²) in [6.07, 6.45) is 1.77. The lowest BCUT2D eigenvalue weighted by Crippen LogP contribution is -2.39. The number of hydrogen-bond donors (Lipinski definition) is 2. The predicted octanol–water partition coefficient (Wildman–Crippen LogP) is 3.35. The summed E-state index contributed by atoms with van der Waals surface area (Å²) in [6.45, 7) is 5.80. The molecule has 0 bridgehead atoms. The standard InChI is InChI=1S/C15H22N2O3/c1-5-12(6-2)17(4)15(20)16-11-8-7-10(3)13(9-11)14(18)19/h7-9,12H,5-6H2,1-4H3,(H,16,20)(H,18,19). The van der Waals surface area contributed by atoms with Crippen molar-refractivity contribution in [1.82, 2.24) is 4.90 Å². The molecule has 0 aromatic heterocycles. The van der Waals surface area contributed by atoms with Crippen LogP contribution in [0.4, 0.5) is 10.5 Å². The minimum absolute atomic E-state index is 0.180. The number of aromatic carboxylic acids is 1. The van der Waals surface area contributed by atoms with Crippen molar-refractivity contribution in [3.05, 3.63) is 29.3 Å². The number of urea groups is 1. The number of anilines is 1. The van der Waals surface area contributed by atoms with Gasteiger partial charge in [-0.25, -0.2) is 9.59 Å². The van der Waals surface area contributed by atoms with Gasteiger partial charge in [0.25, 0.3) is 0 Å². The number of nitrogens with one attached hydrogen (secondary N) is 1. The van der Waals surface area contributed by atoms with E-state index in [0.717, 1.165) is 12.8 Å². The first-order valence-electron chi connectivity index (χ1n) is 6.78. The molecule has 110 valence electrons. The van der Waals surface area contributed by atoms with Gasteiger partial charge in [-0.1, -0.05) is 19.9 Å². The first-order chi connectivity index (χ1) is 9.40. The molecule has 1 rings (SSSR count). The van der Waals surface area contributed by atoms with E-state index < -0.39 is 5.97 Å². The Morgan fingerprint density at radius 3 is 2.40 bits per heavy atom. The molecule has 1 aromatic rings. The average Bonchev–Trinajstić information content (AvgIpc) is 2.41. The molecule has 0 unspecified atom stereocenters. The number of rotatable bonds is 5. The summed E-state index contributed by atoms with van der Waals surface area (Å²) in [6, 6.07) is 4.84. The van der Waals surface area contributed by atoms with Crippen molar-refractivity contribution in [2.75, 3.05) is 12.4 Å². The summed E-state index contributed by atoms with van der Waals surface area (Å²) >= 11 is 0. The van der Waals surface area contributed by atoms with Gasteiger partial charge in [-0.15, -0.1) is 0 Å². The maximum Gasteiger partial charge on any atom is 0.336 e. The molecule has 0 spiro atoms. The molecule has 1 aromatic carbocycles. The molecular weight excluding hydrogens is 256 g/mol. The van der Waals surface area contributed by atoms with Crippen LogP contribution in [0.5, 0.6) is 0 Å². The molecule has 0 saturated heterocycles. The van der Waals surface area contributed by atoms with Gasteiger partial charge in [0.2, 0.25) is 0 Å². The van der Waals surface area contributed by atoms with Crippen LogP contribution in [0, 0.1) is 6.92 Å². The van der Waals surface area contributed by atoms with E-state index in [0.29, 0.717) is 11.3 Å². The Kier molecular flexibility index (Phi) is 5.55. The van der Waals surface area contributed by atoms with E-state index in [2.05, 4.69) is 5.32 Å². The predicted molar refractivity (Wildman–Crippen MR) is 79.3 cm³/mol. The third-order valence-electron chi connectivity index (χ3n) is 3.53. The first-order valence-corrected chi connectivity index (χ1v) is 6.78. The number of nitrogens with zero attached hydrogens (tertiary/aromatic N) is 1. The van der Waals surface area contributed by atoms with Gasteiger partial charge in [0.05, 0.1) is 5.56 Å². The third kappa shape index (κ3) is 3.73. The highest BCUT2D eigenvalue weighted by Gasteiger charge is 2.17. The lowest BCUT2D eigenvalue weighted by atomic mass is 10.1. The van der Waals surface area contributed by atoms with E-state index in [-0.39, 0.29) is 17.6 Å². The van der Waals surface area contributed by atoms with Crippen molar-refractivity contribution in [3.8, 4) is 0 Å². The van der Waals surface area contributed by atoms with Crippen LogP contribution in [0.3, 0.4) is 0 Å². The van der Waals surface area contributed by atoms with Gasteiger partial charge in [-0.3, -0.25) is 0 Å². The number of amides is 2. The van der Waals surface area contributed by atoms with Crippen molar-refractivity contribution in [2.45, 2.75) is 39.7 Å². The number of aryl methyl sites for hydroxylation is 1. The Morgan fingerprint density at radius 1 is 1.30 bits per heavy atom. The Hall–Kier alpha value is -2.04. The highest BCUT2D eigenvalue weighted by molar-refractivity contribution is 5.94. The zero-order valence-corrected chi connectivity index (χ0v) is 12.4. The van der Waals surface area contributed by atoms with Crippen molar-refractivity contribution < 1.29 is 14.7 Å². The molecule has 0 heterocycles. The van der Waals surface area contributed by atoms with Crippen molar-refractivity contribution >= 4 is 17.7 Å². The number of carboxylic acid groups (broad SMARTS) is 1. The zero-order valence-electron chi connectivity index (χ0n) is 12.4. The Balaban J connectivity index is 2.86. The van der Waals surface area contributed by atoms with Crippen molar-refractivity contribution in [1.29, 1.82) is 0 Å². The SMILES string of the molecule is CCC(CC)N(C)C(=O)Nc1ccc(C)c(C(=O)O)c1. The lowest BCUT2D eigenvalue weighted by molar-refractivity contribution is 0.0696. The second kappa shape index (κ2) is 6.93. The fourth-order valence-corrected chi connectivity index (χ4v) is 2.14. The number of hydrogen-bond acceptors (Lipinski definition) is 2. The van der Waals surface area contributed by atoms with E-state index in [1.54, 1.807) is 31.0 Å². The average molecular weight is 278 g/mol. The second-order valence-corrected chi connectivity index (χ2v) is 4.85. The van der Waals surface area contributed by atoms with Gasteiger partial charge >= 0.3 is 12.0 Å². The largest absolute Gasteiger partial charge is 0.478 e. The smallest absolute Gasteiger partial charge is 0.336 e. The molecule has 0 fully saturated rings. The molecule has 0 aliphatic carbocycles. The normalized spacial score (nSPS) is 10.4. The molecule has 0 aliphatic heterocycles. The summed E-state index contributed by atoms with van der Waals surface area (Å²) < 4.78 is 0. The first kappa shape index (κ1) is 16.0. The van der Waals surface area contributed by atoms with Crippen molar-refractivity contribution in [2.24, 2.45) is 0 Å². The summed E-state index contributed by atoms with van der Waals surface area (Å²) in [4.78, 5) is 24.8. The summed E-state index contributed by atoms with van der Waals surface area (Å²) in [5.74, 6) is -0.994. The molecule has 0 saturated carbocycles. The number of carboxylic acids is 1. The van der Waals surface area contributed by atoms with E-state index in [1.807, 2.05) is 13.8 Å². The van der Waals surface area contributed by atoms with E-state index in [4.69, 9.17) is 5.11 Å². The topological polar surface area (TPSA) is 69.6 Å². The fourth-order valence-electron chi connectivity index (χ4n) is 2.14. The summed E-state index contributed by atoms with van der Waals surface area (Å²) in [5, 5.41) is 11.8.